The third-order valence-corrected chi connectivity index (χ3v) is 4.76. The molecule has 0 amide bonds. The highest BCUT2D eigenvalue weighted by Gasteiger charge is 2.03. The summed E-state index contributed by atoms with van der Waals surface area (Å²) in [5.74, 6) is 1.32. The number of unbranched alkanes of at least 4 members (excludes halogenated alkanes) is 1. The van der Waals surface area contributed by atoms with Gasteiger partial charge in [-0.05, 0) is 53.4 Å². The van der Waals surface area contributed by atoms with Crippen molar-refractivity contribution >= 4 is 50.5 Å². The van der Waals surface area contributed by atoms with Crippen LogP contribution < -0.4 is 4.74 Å². The summed E-state index contributed by atoms with van der Waals surface area (Å²) in [5.41, 5.74) is 0.966. The SMILES string of the molecule is ClCc1csc(CCCCOc2ccc(Cl)cc2Br)n1. The van der Waals surface area contributed by atoms with Crippen LogP contribution in [0.5, 0.6) is 5.75 Å². The minimum absolute atomic E-state index is 0.490. The van der Waals surface area contributed by atoms with Gasteiger partial charge in [-0.25, -0.2) is 4.98 Å². The molecule has 2 aromatic rings. The van der Waals surface area contributed by atoms with Crippen molar-refractivity contribution in [3.63, 3.8) is 0 Å². The standard InChI is InChI=1S/C14H14BrCl2NOS/c15-12-7-10(17)4-5-13(12)19-6-2-1-3-14-18-11(8-16)9-20-14/h4-5,7,9H,1-3,6,8H2. The Labute approximate surface area is 141 Å². The fourth-order valence-corrected chi connectivity index (χ4v) is 3.54. The number of aryl methyl sites for hydroxylation is 1. The lowest BCUT2D eigenvalue weighted by atomic mass is 10.2. The number of alkyl halides is 1. The molecule has 20 heavy (non-hydrogen) atoms. The van der Waals surface area contributed by atoms with Gasteiger partial charge in [0.25, 0.3) is 0 Å². The van der Waals surface area contributed by atoms with Gasteiger partial charge in [-0.2, -0.15) is 0 Å². The molecular weight excluding hydrogens is 381 g/mol. The summed E-state index contributed by atoms with van der Waals surface area (Å²) in [7, 11) is 0. The number of hydrogen-bond acceptors (Lipinski definition) is 3. The molecule has 0 aliphatic carbocycles. The summed E-state index contributed by atoms with van der Waals surface area (Å²) in [6.07, 6.45) is 3.03. The van der Waals surface area contributed by atoms with Gasteiger partial charge in [0.2, 0.25) is 0 Å². The van der Waals surface area contributed by atoms with E-state index in [1.165, 1.54) is 0 Å². The number of benzene rings is 1. The Morgan fingerprint density at radius 3 is 2.85 bits per heavy atom. The quantitative estimate of drug-likeness (QED) is 0.443. The lowest BCUT2D eigenvalue weighted by molar-refractivity contribution is 0.305. The highest BCUT2D eigenvalue weighted by molar-refractivity contribution is 9.10. The highest BCUT2D eigenvalue weighted by Crippen LogP contribution is 2.28. The number of rotatable bonds is 7. The van der Waals surface area contributed by atoms with E-state index in [2.05, 4.69) is 20.9 Å². The van der Waals surface area contributed by atoms with Gasteiger partial charge in [0.15, 0.2) is 0 Å². The van der Waals surface area contributed by atoms with Gasteiger partial charge in [0.05, 0.1) is 27.7 Å². The lowest BCUT2D eigenvalue weighted by Crippen LogP contribution is -1.99. The molecule has 0 aliphatic heterocycles. The molecule has 2 nitrogen and oxygen atoms in total. The Morgan fingerprint density at radius 1 is 1.30 bits per heavy atom. The van der Waals surface area contributed by atoms with Gasteiger partial charge in [0.1, 0.15) is 5.75 Å². The molecule has 0 unspecified atom stereocenters. The predicted molar refractivity (Wildman–Crippen MR) is 89.3 cm³/mol. The number of halogens is 3. The van der Waals surface area contributed by atoms with Gasteiger partial charge in [-0.15, -0.1) is 22.9 Å². The molecule has 1 aromatic heterocycles. The van der Waals surface area contributed by atoms with Crippen molar-refractivity contribution in [1.82, 2.24) is 4.98 Å². The average Bonchev–Trinajstić information content (AvgIpc) is 2.88. The molecule has 1 heterocycles. The van der Waals surface area contributed by atoms with Crippen LogP contribution in [-0.4, -0.2) is 11.6 Å². The second-order valence-electron chi connectivity index (χ2n) is 4.25. The maximum atomic E-state index is 5.88. The predicted octanol–water partition coefficient (Wildman–Crippen LogP) is 5.70. The van der Waals surface area contributed by atoms with Gasteiger partial charge in [-0.3, -0.25) is 0 Å². The Balaban J connectivity index is 1.68. The molecule has 0 aliphatic rings. The normalized spacial score (nSPS) is 10.8. The Hall–Kier alpha value is -0.290. The number of nitrogens with zero attached hydrogens (tertiary/aromatic N) is 1. The van der Waals surface area contributed by atoms with Crippen molar-refractivity contribution < 1.29 is 4.74 Å². The van der Waals surface area contributed by atoms with E-state index in [9.17, 15) is 0 Å². The lowest BCUT2D eigenvalue weighted by Gasteiger charge is -2.07. The van der Waals surface area contributed by atoms with Gasteiger partial charge in [0, 0.05) is 10.4 Å². The summed E-state index contributed by atoms with van der Waals surface area (Å²) in [4.78, 5) is 4.43. The van der Waals surface area contributed by atoms with E-state index >= 15 is 0 Å². The fraction of sp³-hybridized carbons (Fsp3) is 0.357. The topological polar surface area (TPSA) is 22.1 Å². The van der Waals surface area contributed by atoms with Crippen molar-refractivity contribution in [3.8, 4) is 5.75 Å². The zero-order chi connectivity index (χ0) is 14.4. The van der Waals surface area contributed by atoms with Crippen LogP contribution in [0.1, 0.15) is 23.5 Å². The third kappa shape index (κ3) is 4.92. The molecule has 0 saturated carbocycles. The van der Waals surface area contributed by atoms with Crippen molar-refractivity contribution in [2.24, 2.45) is 0 Å². The number of hydrogen-bond donors (Lipinski definition) is 0. The molecule has 0 saturated heterocycles. The third-order valence-electron chi connectivity index (χ3n) is 2.67. The molecule has 108 valence electrons. The van der Waals surface area contributed by atoms with Crippen LogP contribution in [0.25, 0.3) is 0 Å². The van der Waals surface area contributed by atoms with Crippen molar-refractivity contribution in [2.45, 2.75) is 25.1 Å². The molecule has 0 fully saturated rings. The van der Waals surface area contributed by atoms with Gasteiger partial charge < -0.3 is 4.74 Å². The first kappa shape index (κ1) is 16.1. The summed E-state index contributed by atoms with van der Waals surface area (Å²) >= 11 is 16.7. The maximum absolute atomic E-state index is 5.88. The van der Waals surface area contributed by atoms with Gasteiger partial charge >= 0.3 is 0 Å². The van der Waals surface area contributed by atoms with Crippen molar-refractivity contribution in [3.05, 3.63) is 43.8 Å². The second kappa shape index (κ2) is 8.23. The first-order valence-electron chi connectivity index (χ1n) is 6.26. The van der Waals surface area contributed by atoms with E-state index in [1.807, 2.05) is 23.6 Å². The monoisotopic (exact) mass is 393 g/mol. The van der Waals surface area contributed by atoms with Gasteiger partial charge in [-0.1, -0.05) is 11.6 Å². The smallest absolute Gasteiger partial charge is 0.133 e. The average molecular weight is 395 g/mol. The fourth-order valence-electron chi connectivity index (χ4n) is 1.68. The van der Waals surface area contributed by atoms with E-state index in [-0.39, 0.29) is 0 Å². The number of ether oxygens (including phenoxy) is 1. The molecule has 2 rings (SSSR count). The van der Waals surface area contributed by atoms with Crippen LogP contribution in [-0.2, 0) is 12.3 Å². The number of thiazole rings is 1. The summed E-state index contributed by atoms with van der Waals surface area (Å²) < 4.78 is 6.60. The van der Waals surface area contributed by atoms with E-state index in [4.69, 9.17) is 27.9 Å². The highest BCUT2D eigenvalue weighted by atomic mass is 79.9. The minimum Gasteiger partial charge on any atom is -0.492 e. The van der Waals surface area contributed by atoms with Crippen LogP contribution in [0.15, 0.2) is 28.1 Å². The largest absolute Gasteiger partial charge is 0.492 e. The molecule has 0 spiro atoms. The molecule has 0 radical (unpaired) electrons. The zero-order valence-electron chi connectivity index (χ0n) is 10.7. The molecule has 0 bridgehead atoms. The molecule has 6 heteroatoms. The Kier molecular flexibility index (Phi) is 6.62. The van der Waals surface area contributed by atoms with Crippen LogP contribution in [0, 0.1) is 0 Å². The second-order valence-corrected chi connectivity index (χ2v) is 6.75. The maximum Gasteiger partial charge on any atom is 0.133 e. The molecular formula is C14H14BrCl2NOS. The molecule has 0 N–H and O–H groups in total. The summed E-state index contributed by atoms with van der Waals surface area (Å²) in [6.45, 7) is 0.688. The van der Waals surface area contributed by atoms with Crippen LogP contribution in [0.3, 0.4) is 0 Å². The summed E-state index contributed by atoms with van der Waals surface area (Å²) in [6, 6.07) is 5.53. The van der Waals surface area contributed by atoms with Crippen molar-refractivity contribution in [1.29, 1.82) is 0 Å². The van der Waals surface area contributed by atoms with E-state index in [0.717, 1.165) is 40.2 Å². The summed E-state index contributed by atoms with van der Waals surface area (Å²) in [5, 5.41) is 3.86. The van der Waals surface area contributed by atoms with E-state index < -0.39 is 0 Å². The Bertz CT molecular complexity index is 562. The van der Waals surface area contributed by atoms with Crippen LogP contribution >= 0.6 is 50.5 Å². The van der Waals surface area contributed by atoms with E-state index in [1.54, 1.807) is 11.3 Å². The zero-order valence-corrected chi connectivity index (χ0v) is 14.7. The Morgan fingerprint density at radius 2 is 2.15 bits per heavy atom. The van der Waals surface area contributed by atoms with Crippen molar-refractivity contribution in [2.75, 3.05) is 6.61 Å². The first-order valence-corrected chi connectivity index (χ1v) is 8.84. The van der Waals surface area contributed by atoms with Crippen LogP contribution in [0.4, 0.5) is 0 Å². The van der Waals surface area contributed by atoms with Crippen LogP contribution in [0.2, 0.25) is 5.02 Å². The molecule has 0 atom stereocenters. The molecule has 1 aromatic carbocycles. The minimum atomic E-state index is 0.490. The first-order chi connectivity index (χ1) is 9.69. The number of aromatic nitrogens is 1. The van der Waals surface area contributed by atoms with E-state index in [0.29, 0.717) is 17.5 Å².